The number of rotatable bonds is 8. The molecule has 208 valence electrons. The Labute approximate surface area is 229 Å². The minimum atomic E-state index is -0.0331. The molecule has 0 spiro atoms. The number of nitrogens with zero attached hydrogens (tertiary/aromatic N) is 3. The van der Waals surface area contributed by atoms with E-state index in [1.807, 2.05) is 40.0 Å². The van der Waals surface area contributed by atoms with Gasteiger partial charge >= 0.3 is 0 Å². The molecule has 1 saturated carbocycles. The van der Waals surface area contributed by atoms with Gasteiger partial charge < -0.3 is 20.1 Å². The Morgan fingerprint density at radius 3 is 2.26 bits per heavy atom. The molecule has 0 radical (unpaired) electrons. The van der Waals surface area contributed by atoms with Crippen LogP contribution in [0.4, 0.5) is 11.5 Å². The van der Waals surface area contributed by atoms with Gasteiger partial charge in [-0.15, -0.1) is 0 Å². The average Bonchev–Trinajstić information content (AvgIpc) is 2.90. The van der Waals surface area contributed by atoms with E-state index in [9.17, 15) is 4.79 Å². The largest absolute Gasteiger partial charge is 0.368 e. The molecule has 2 N–H and O–H groups in total. The van der Waals surface area contributed by atoms with Crippen LogP contribution in [0.2, 0.25) is 0 Å². The molecule has 0 atom stereocenters. The quantitative estimate of drug-likeness (QED) is 0.335. The maximum atomic E-state index is 12.6. The second-order valence-corrected chi connectivity index (χ2v) is 11.0. The lowest BCUT2D eigenvalue weighted by Gasteiger charge is -2.40. The standard InChI is InChI=1S/C30H43N5O.C2H6/c1-8-35(24-11-9-23(10-12-24)34(6)7)28-17-22(19(2)3)16-26-25(28)13-14-31-29(26)32-18-27-20(4)15-21(5)33-30(27)36;1-2/h13-17,19,23-24H,8-12,18H2,1-7H3,(H,31,32)(H,33,36);1-2H3. The van der Waals surface area contributed by atoms with Gasteiger partial charge in [0.2, 0.25) is 0 Å². The van der Waals surface area contributed by atoms with E-state index < -0.39 is 0 Å². The highest BCUT2D eigenvalue weighted by Crippen LogP contribution is 2.38. The predicted molar refractivity (Wildman–Crippen MR) is 164 cm³/mol. The first kappa shape index (κ1) is 29.7. The van der Waals surface area contributed by atoms with Gasteiger partial charge in [0.1, 0.15) is 5.82 Å². The van der Waals surface area contributed by atoms with Crippen molar-refractivity contribution in [1.82, 2.24) is 14.9 Å². The summed E-state index contributed by atoms with van der Waals surface area (Å²) in [5.74, 6) is 1.24. The smallest absolute Gasteiger partial charge is 0.253 e. The maximum Gasteiger partial charge on any atom is 0.253 e. The lowest BCUT2D eigenvalue weighted by Crippen LogP contribution is -2.42. The number of H-pyrrole nitrogens is 1. The molecular weight excluding hydrogens is 470 g/mol. The van der Waals surface area contributed by atoms with E-state index in [2.05, 4.69) is 73.2 Å². The van der Waals surface area contributed by atoms with Crippen LogP contribution in [0.3, 0.4) is 0 Å². The van der Waals surface area contributed by atoms with Crippen molar-refractivity contribution < 1.29 is 0 Å². The predicted octanol–water partition coefficient (Wildman–Crippen LogP) is 7.00. The summed E-state index contributed by atoms with van der Waals surface area (Å²) in [7, 11) is 4.41. The molecule has 0 saturated heterocycles. The summed E-state index contributed by atoms with van der Waals surface area (Å²) in [6, 6.07) is 10.1. The van der Waals surface area contributed by atoms with Gasteiger partial charge in [0.25, 0.3) is 5.56 Å². The Morgan fingerprint density at radius 1 is 1.03 bits per heavy atom. The minimum absolute atomic E-state index is 0.0331. The van der Waals surface area contributed by atoms with E-state index in [4.69, 9.17) is 4.98 Å². The zero-order valence-electron chi connectivity index (χ0n) is 25.1. The third kappa shape index (κ3) is 6.58. The van der Waals surface area contributed by atoms with Gasteiger partial charge in [-0.05, 0) is 102 Å². The zero-order valence-corrected chi connectivity index (χ0v) is 25.1. The first-order valence-electron chi connectivity index (χ1n) is 14.5. The van der Waals surface area contributed by atoms with Crippen molar-refractivity contribution in [2.45, 2.75) is 98.7 Å². The van der Waals surface area contributed by atoms with Gasteiger partial charge in [0.15, 0.2) is 0 Å². The second kappa shape index (κ2) is 13.3. The molecule has 3 aromatic rings. The molecule has 38 heavy (non-hydrogen) atoms. The lowest BCUT2D eigenvalue weighted by molar-refractivity contribution is 0.214. The van der Waals surface area contributed by atoms with E-state index in [0.29, 0.717) is 24.5 Å². The number of hydrogen-bond acceptors (Lipinski definition) is 5. The summed E-state index contributed by atoms with van der Waals surface area (Å²) in [6.07, 6.45) is 6.82. The molecule has 0 unspecified atom stereocenters. The summed E-state index contributed by atoms with van der Waals surface area (Å²) >= 11 is 0. The lowest BCUT2D eigenvalue weighted by atomic mass is 9.88. The fourth-order valence-electron chi connectivity index (χ4n) is 5.78. The monoisotopic (exact) mass is 519 g/mol. The number of nitrogens with one attached hydrogen (secondary N) is 2. The zero-order chi connectivity index (χ0) is 28.0. The fraction of sp³-hybridized carbons (Fsp3) is 0.562. The molecule has 4 rings (SSSR count). The number of aromatic amines is 1. The van der Waals surface area contributed by atoms with E-state index >= 15 is 0 Å². The molecule has 2 heterocycles. The molecule has 1 fully saturated rings. The van der Waals surface area contributed by atoms with Crippen LogP contribution in [-0.4, -0.2) is 47.6 Å². The first-order valence-corrected chi connectivity index (χ1v) is 14.5. The van der Waals surface area contributed by atoms with Crippen LogP contribution < -0.4 is 15.8 Å². The first-order chi connectivity index (χ1) is 18.2. The summed E-state index contributed by atoms with van der Waals surface area (Å²) in [6.45, 7) is 16.1. The normalized spacial score (nSPS) is 17.4. The molecule has 1 aromatic carbocycles. The van der Waals surface area contributed by atoms with Crippen molar-refractivity contribution in [3.63, 3.8) is 0 Å². The van der Waals surface area contributed by atoms with E-state index in [0.717, 1.165) is 34.6 Å². The van der Waals surface area contributed by atoms with Crippen molar-refractivity contribution in [3.05, 3.63) is 63.2 Å². The number of anilines is 2. The Kier molecular flexibility index (Phi) is 10.4. The van der Waals surface area contributed by atoms with E-state index in [1.54, 1.807) is 0 Å². The van der Waals surface area contributed by atoms with Crippen LogP contribution in [0.25, 0.3) is 10.8 Å². The SMILES string of the molecule is CC.CCN(c1cc(C(C)C)cc2c(NCc3c(C)cc(C)[nH]c3=O)nccc12)C1CCC(N(C)C)CC1. The van der Waals surface area contributed by atoms with Gasteiger partial charge in [-0.25, -0.2) is 4.98 Å². The minimum Gasteiger partial charge on any atom is -0.368 e. The molecule has 0 aliphatic heterocycles. The number of benzene rings is 1. The molecule has 1 aliphatic rings. The molecule has 1 aliphatic carbocycles. The van der Waals surface area contributed by atoms with Crippen LogP contribution in [-0.2, 0) is 6.54 Å². The Hall–Kier alpha value is -2.86. The fourth-order valence-corrected chi connectivity index (χ4v) is 5.78. The topological polar surface area (TPSA) is 64.3 Å². The highest BCUT2D eigenvalue weighted by Gasteiger charge is 2.27. The average molecular weight is 520 g/mol. The molecule has 2 aromatic heterocycles. The van der Waals surface area contributed by atoms with Gasteiger partial charge in [0, 0.05) is 59.1 Å². The third-order valence-electron chi connectivity index (χ3n) is 7.96. The molecular formula is C32H49N5O. The highest BCUT2D eigenvalue weighted by atomic mass is 16.1. The van der Waals surface area contributed by atoms with Crippen LogP contribution in [0, 0.1) is 13.8 Å². The van der Waals surface area contributed by atoms with Crippen LogP contribution >= 0.6 is 0 Å². The summed E-state index contributed by atoms with van der Waals surface area (Å²) in [5, 5.41) is 5.85. The van der Waals surface area contributed by atoms with E-state index in [1.165, 1.54) is 42.3 Å². The van der Waals surface area contributed by atoms with Gasteiger partial charge in [0.05, 0.1) is 0 Å². The highest BCUT2D eigenvalue weighted by molar-refractivity contribution is 6.01. The maximum absolute atomic E-state index is 12.6. The number of aromatic nitrogens is 2. The van der Waals surface area contributed by atoms with Crippen molar-refractivity contribution in [3.8, 4) is 0 Å². The number of hydrogen-bond donors (Lipinski definition) is 2. The second-order valence-electron chi connectivity index (χ2n) is 11.0. The van der Waals surface area contributed by atoms with E-state index in [-0.39, 0.29) is 5.56 Å². The summed E-state index contributed by atoms with van der Waals surface area (Å²) in [4.78, 5) is 25.2. The summed E-state index contributed by atoms with van der Waals surface area (Å²) in [5.41, 5.74) is 5.23. The molecule has 6 nitrogen and oxygen atoms in total. The van der Waals surface area contributed by atoms with Crippen molar-refractivity contribution >= 4 is 22.3 Å². The van der Waals surface area contributed by atoms with Crippen LogP contribution in [0.5, 0.6) is 0 Å². The number of pyridine rings is 2. The Morgan fingerprint density at radius 2 is 1.68 bits per heavy atom. The number of fused-ring (bicyclic) bond motifs is 1. The van der Waals surface area contributed by atoms with Crippen LogP contribution in [0.15, 0.2) is 35.3 Å². The van der Waals surface area contributed by atoms with Crippen LogP contribution in [0.1, 0.15) is 88.6 Å². The third-order valence-corrected chi connectivity index (χ3v) is 7.96. The number of aryl methyl sites for hydroxylation is 2. The van der Waals surface area contributed by atoms with Gasteiger partial charge in [-0.3, -0.25) is 4.79 Å². The van der Waals surface area contributed by atoms with Crippen molar-refractivity contribution in [1.29, 1.82) is 0 Å². The van der Waals surface area contributed by atoms with Gasteiger partial charge in [-0.2, -0.15) is 0 Å². The van der Waals surface area contributed by atoms with Gasteiger partial charge in [-0.1, -0.05) is 27.7 Å². The summed E-state index contributed by atoms with van der Waals surface area (Å²) < 4.78 is 0. The Balaban J connectivity index is 0.00000195. The molecule has 0 amide bonds. The molecule has 6 heteroatoms. The molecule has 0 bridgehead atoms. The van der Waals surface area contributed by atoms with Crippen molar-refractivity contribution in [2.24, 2.45) is 0 Å². The Bertz CT molecular complexity index is 1250. The van der Waals surface area contributed by atoms with Crippen molar-refractivity contribution in [2.75, 3.05) is 30.9 Å².